The number of aromatic nitrogens is 3. The Bertz CT molecular complexity index is 891. The summed E-state index contributed by atoms with van der Waals surface area (Å²) in [5.41, 5.74) is 1.21. The zero-order valence-electron chi connectivity index (χ0n) is 11.2. The summed E-state index contributed by atoms with van der Waals surface area (Å²) in [4.78, 5) is 21.7. The number of hydrogen-bond donors (Lipinski definition) is 1. The van der Waals surface area contributed by atoms with Crippen molar-refractivity contribution in [2.45, 2.75) is 6.54 Å². The van der Waals surface area contributed by atoms with Gasteiger partial charge in [0.15, 0.2) is 15.7 Å². The van der Waals surface area contributed by atoms with Crippen molar-refractivity contribution in [2.24, 2.45) is 0 Å². The molecule has 6 nitrogen and oxygen atoms in total. The molecule has 0 spiro atoms. The van der Waals surface area contributed by atoms with Crippen LogP contribution in [0.1, 0.15) is 16.2 Å². The maximum atomic E-state index is 12.1. The standard InChI is InChI=1S/C14H10N4O2S2/c19-12(10-8-22-13(17-10)11-2-1-4-20-11)15-6-9-7-18-3-5-21-14(18)16-9/h1-5,7-8H,6H2,(H,15,19). The molecule has 4 rings (SSSR count). The topological polar surface area (TPSA) is 72.4 Å². The molecule has 4 aromatic rings. The van der Waals surface area contributed by atoms with E-state index in [0.717, 1.165) is 10.7 Å². The number of thiazole rings is 2. The van der Waals surface area contributed by atoms with Crippen molar-refractivity contribution in [3.8, 4) is 10.8 Å². The molecule has 0 aliphatic rings. The first kappa shape index (κ1) is 13.2. The van der Waals surface area contributed by atoms with Crippen LogP contribution >= 0.6 is 22.7 Å². The lowest BCUT2D eigenvalue weighted by atomic mass is 10.4. The van der Waals surface area contributed by atoms with Gasteiger partial charge >= 0.3 is 0 Å². The number of nitrogens with zero attached hydrogens (tertiary/aromatic N) is 3. The summed E-state index contributed by atoms with van der Waals surface area (Å²) in [5, 5.41) is 7.21. The molecule has 0 aromatic carbocycles. The lowest BCUT2D eigenvalue weighted by Crippen LogP contribution is -2.23. The van der Waals surface area contributed by atoms with Gasteiger partial charge in [0.05, 0.1) is 18.5 Å². The predicted octanol–water partition coefficient (Wildman–Crippen LogP) is 3.04. The molecule has 8 heteroatoms. The smallest absolute Gasteiger partial charge is 0.271 e. The first-order valence-corrected chi connectivity index (χ1v) is 8.24. The summed E-state index contributed by atoms with van der Waals surface area (Å²) in [6, 6.07) is 3.61. The third-order valence-electron chi connectivity index (χ3n) is 3.04. The number of carbonyl (C=O) groups excluding carboxylic acids is 1. The average molecular weight is 330 g/mol. The first-order valence-electron chi connectivity index (χ1n) is 6.48. The SMILES string of the molecule is O=C(NCc1cn2ccsc2n1)c1csc(-c2ccco2)n1. The van der Waals surface area contributed by atoms with E-state index in [1.807, 2.05) is 28.2 Å². The largest absolute Gasteiger partial charge is 0.462 e. The quantitative estimate of drug-likeness (QED) is 0.624. The van der Waals surface area contributed by atoms with E-state index in [1.54, 1.807) is 29.0 Å². The summed E-state index contributed by atoms with van der Waals surface area (Å²) in [5.74, 6) is 0.448. The van der Waals surface area contributed by atoms with Crippen LogP contribution < -0.4 is 5.32 Å². The third-order valence-corrected chi connectivity index (χ3v) is 4.67. The molecule has 0 saturated heterocycles. The molecule has 1 amide bonds. The molecule has 22 heavy (non-hydrogen) atoms. The molecule has 0 fully saturated rings. The molecular weight excluding hydrogens is 320 g/mol. The molecule has 1 N–H and O–H groups in total. The minimum absolute atomic E-state index is 0.217. The number of fused-ring (bicyclic) bond motifs is 1. The number of amides is 1. The molecule has 4 aromatic heterocycles. The van der Waals surface area contributed by atoms with Gasteiger partial charge < -0.3 is 9.73 Å². The van der Waals surface area contributed by atoms with E-state index >= 15 is 0 Å². The van der Waals surface area contributed by atoms with Crippen LogP contribution in [0.2, 0.25) is 0 Å². The highest BCUT2D eigenvalue weighted by molar-refractivity contribution is 7.15. The van der Waals surface area contributed by atoms with Crippen molar-refractivity contribution >= 4 is 33.5 Å². The maximum Gasteiger partial charge on any atom is 0.271 e. The predicted molar refractivity (Wildman–Crippen MR) is 84.1 cm³/mol. The molecule has 0 aliphatic carbocycles. The summed E-state index contributed by atoms with van der Waals surface area (Å²) < 4.78 is 7.21. The number of hydrogen-bond acceptors (Lipinski definition) is 6. The van der Waals surface area contributed by atoms with Crippen molar-refractivity contribution in [3.63, 3.8) is 0 Å². The minimum Gasteiger partial charge on any atom is -0.462 e. The Hall–Kier alpha value is -2.45. The molecular formula is C14H10N4O2S2. The second-order valence-corrected chi connectivity index (χ2v) is 6.25. The summed E-state index contributed by atoms with van der Waals surface area (Å²) >= 11 is 2.94. The van der Waals surface area contributed by atoms with Gasteiger partial charge in [-0.2, -0.15) is 0 Å². The average Bonchev–Trinajstić information content (AvgIpc) is 3.26. The van der Waals surface area contributed by atoms with Crippen LogP contribution in [0.5, 0.6) is 0 Å². The summed E-state index contributed by atoms with van der Waals surface area (Å²) in [6.45, 7) is 0.376. The van der Waals surface area contributed by atoms with Crippen LogP contribution in [0.25, 0.3) is 15.7 Å². The van der Waals surface area contributed by atoms with Crippen LogP contribution in [0.15, 0.2) is 46.0 Å². The zero-order chi connectivity index (χ0) is 14.9. The Morgan fingerprint density at radius 3 is 3.14 bits per heavy atom. The molecule has 0 aliphatic heterocycles. The number of carbonyl (C=O) groups is 1. The van der Waals surface area contributed by atoms with Gasteiger partial charge in [0.25, 0.3) is 5.91 Å². The van der Waals surface area contributed by atoms with E-state index in [1.165, 1.54) is 11.3 Å². The first-order chi connectivity index (χ1) is 10.8. The fourth-order valence-electron chi connectivity index (χ4n) is 2.01. The van der Waals surface area contributed by atoms with Gasteiger partial charge in [0.2, 0.25) is 0 Å². The highest BCUT2D eigenvalue weighted by Crippen LogP contribution is 2.23. The Morgan fingerprint density at radius 2 is 2.32 bits per heavy atom. The van der Waals surface area contributed by atoms with E-state index in [-0.39, 0.29) is 5.91 Å². The summed E-state index contributed by atoms with van der Waals surface area (Å²) in [6.07, 6.45) is 5.43. The highest BCUT2D eigenvalue weighted by atomic mass is 32.1. The van der Waals surface area contributed by atoms with E-state index in [9.17, 15) is 4.79 Å². The van der Waals surface area contributed by atoms with Crippen LogP contribution in [-0.4, -0.2) is 20.3 Å². The van der Waals surface area contributed by atoms with Crippen molar-refractivity contribution in [2.75, 3.05) is 0 Å². The Labute approximate surface area is 133 Å². The fraction of sp³-hybridized carbons (Fsp3) is 0.0714. The number of furan rings is 1. The summed E-state index contributed by atoms with van der Waals surface area (Å²) in [7, 11) is 0. The molecule has 4 heterocycles. The highest BCUT2D eigenvalue weighted by Gasteiger charge is 2.13. The van der Waals surface area contributed by atoms with E-state index < -0.39 is 0 Å². The van der Waals surface area contributed by atoms with Gasteiger partial charge in [-0.3, -0.25) is 9.20 Å². The van der Waals surface area contributed by atoms with E-state index in [2.05, 4.69) is 15.3 Å². The van der Waals surface area contributed by atoms with Gasteiger partial charge in [-0.1, -0.05) is 0 Å². The van der Waals surface area contributed by atoms with Crippen molar-refractivity contribution < 1.29 is 9.21 Å². The minimum atomic E-state index is -0.217. The van der Waals surface area contributed by atoms with Gasteiger partial charge in [0, 0.05) is 23.2 Å². The monoisotopic (exact) mass is 330 g/mol. The fourth-order valence-corrected chi connectivity index (χ4v) is 3.50. The molecule has 0 atom stereocenters. The number of rotatable bonds is 4. The molecule has 110 valence electrons. The van der Waals surface area contributed by atoms with Crippen molar-refractivity contribution in [1.82, 2.24) is 19.7 Å². The third kappa shape index (κ3) is 2.42. The Morgan fingerprint density at radius 1 is 1.36 bits per heavy atom. The lowest BCUT2D eigenvalue weighted by Gasteiger charge is -1.99. The van der Waals surface area contributed by atoms with Crippen LogP contribution in [0, 0.1) is 0 Å². The zero-order valence-corrected chi connectivity index (χ0v) is 12.9. The van der Waals surface area contributed by atoms with Gasteiger partial charge in [0.1, 0.15) is 5.69 Å². The molecule has 0 saturated carbocycles. The lowest BCUT2D eigenvalue weighted by molar-refractivity contribution is 0.0946. The normalized spacial score (nSPS) is 11.1. The Kier molecular flexibility index (Phi) is 3.24. The molecule has 0 bridgehead atoms. The van der Waals surface area contributed by atoms with Crippen LogP contribution in [0.4, 0.5) is 0 Å². The van der Waals surface area contributed by atoms with Crippen LogP contribution in [-0.2, 0) is 6.54 Å². The van der Waals surface area contributed by atoms with Crippen LogP contribution in [0.3, 0.4) is 0 Å². The molecule has 0 unspecified atom stereocenters. The van der Waals surface area contributed by atoms with E-state index in [0.29, 0.717) is 23.0 Å². The number of nitrogens with one attached hydrogen (secondary N) is 1. The Balaban J connectivity index is 1.44. The van der Waals surface area contributed by atoms with Gasteiger partial charge in [-0.15, -0.1) is 22.7 Å². The van der Waals surface area contributed by atoms with Crippen molar-refractivity contribution in [1.29, 1.82) is 0 Å². The maximum absolute atomic E-state index is 12.1. The van der Waals surface area contributed by atoms with Gasteiger partial charge in [-0.25, -0.2) is 9.97 Å². The van der Waals surface area contributed by atoms with E-state index in [4.69, 9.17) is 4.42 Å². The number of imidazole rings is 1. The van der Waals surface area contributed by atoms with Gasteiger partial charge in [-0.05, 0) is 12.1 Å². The second kappa shape index (κ2) is 5.39. The second-order valence-electron chi connectivity index (χ2n) is 4.52. The van der Waals surface area contributed by atoms with Crippen molar-refractivity contribution in [3.05, 3.63) is 52.9 Å². The molecule has 0 radical (unpaired) electrons.